The van der Waals surface area contributed by atoms with Gasteiger partial charge in [0.2, 0.25) is 5.78 Å². The molecular formula is C17H16O4. The first-order valence-electron chi connectivity index (χ1n) is 7.03. The molecule has 0 N–H and O–H groups in total. The lowest BCUT2D eigenvalue weighted by Crippen LogP contribution is -2.28. The van der Waals surface area contributed by atoms with Crippen LogP contribution in [0.5, 0.6) is 5.75 Å². The van der Waals surface area contributed by atoms with E-state index in [1.54, 1.807) is 24.3 Å². The van der Waals surface area contributed by atoms with E-state index in [2.05, 4.69) is 0 Å². The first-order chi connectivity index (χ1) is 10.2. The van der Waals surface area contributed by atoms with E-state index in [1.165, 1.54) is 7.11 Å². The van der Waals surface area contributed by atoms with E-state index in [1.807, 2.05) is 13.0 Å². The number of carbonyl (C=O) groups excluding carboxylic acids is 2. The summed E-state index contributed by atoms with van der Waals surface area (Å²) < 4.78 is 11.0. The number of hydrogen-bond donors (Lipinski definition) is 0. The van der Waals surface area contributed by atoms with E-state index in [0.717, 1.165) is 12.8 Å². The monoisotopic (exact) mass is 284 g/mol. The Morgan fingerprint density at radius 2 is 2.05 bits per heavy atom. The minimum Gasteiger partial charge on any atom is -0.496 e. The number of hydrogen-bond acceptors (Lipinski definition) is 4. The summed E-state index contributed by atoms with van der Waals surface area (Å²) in [6, 6.07) is 5.04. The molecule has 21 heavy (non-hydrogen) atoms. The molecule has 0 bridgehead atoms. The fourth-order valence-electron chi connectivity index (χ4n) is 2.71. The summed E-state index contributed by atoms with van der Waals surface area (Å²) in [6.07, 6.45) is 5.16. The number of carbonyl (C=O) groups is 2. The molecule has 0 amide bonds. The molecule has 4 nitrogen and oxygen atoms in total. The summed E-state index contributed by atoms with van der Waals surface area (Å²) in [5.41, 5.74) is 1.02. The maximum absolute atomic E-state index is 12.7. The average Bonchev–Trinajstić information content (AvgIpc) is 2.52. The van der Waals surface area contributed by atoms with Gasteiger partial charge in [0.25, 0.3) is 0 Å². The van der Waals surface area contributed by atoms with Crippen LogP contribution in [0.3, 0.4) is 0 Å². The van der Waals surface area contributed by atoms with Gasteiger partial charge < -0.3 is 9.47 Å². The van der Waals surface area contributed by atoms with E-state index in [0.29, 0.717) is 22.4 Å². The molecule has 0 aromatic heterocycles. The number of ether oxygens (including phenoxy) is 2. The highest BCUT2D eigenvalue weighted by Gasteiger charge is 2.37. The van der Waals surface area contributed by atoms with Gasteiger partial charge in [-0.3, -0.25) is 9.59 Å². The molecule has 0 fully saturated rings. The van der Waals surface area contributed by atoms with Crippen LogP contribution in [0.25, 0.3) is 0 Å². The lowest BCUT2D eigenvalue weighted by Gasteiger charge is -2.27. The fraction of sp³-hybridized carbons (Fsp3) is 0.294. The maximum atomic E-state index is 12.7. The van der Waals surface area contributed by atoms with Crippen LogP contribution in [-0.2, 0) is 4.74 Å². The van der Waals surface area contributed by atoms with Crippen LogP contribution in [0.4, 0.5) is 0 Å². The minimum absolute atomic E-state index is 0.151. The lowest BCUT2D eigenvalue weighted by atomic mass is 9.86. The van der Waals surface area contributed by atoms with Crippen LogP contribution in [-0.4, -0.2) is 24.8 Å². The van der Waals surface area contributed by atoms with Gasteiger partial charge in [0.05, 0.1) is 18.2 Å². The van der Waals surface area contributed by atoms with Crippen LogP contribution in [0.2, 0.25) is 0 Å². The van der Waals surface area contributed by atoms with Gasteiger partial charge in [-0.1, -0.05) is 25.5 Å². The SMILES string of the molecule is CCCC1C=CC2=C(O1)C(=O)c1c(OC)cccc1C2=O. The summed E-state index contributed by atoms with van der Waals surface area (Å²) in [5.74, 6) is 0.0905. The third kappa shape index (κ3) is 2.07. The summed E-state index contributed by atoms with van der Waals surface area (Å²) in [7, 11) is 1.48. The van der Waals surface area contributed by atoms with Crippen LogP contribution in [0, 0.1) is 0 Å². The molecule has 1 heterocycles. The molecule has 0 spiro atoms. The molecule has 3 rings (SSSR count). The largest absolute Gasteiger partial charge is 0.496 e. The van der Waals surface area contributed by atoms with Crippen molar-refractivity contribution in [2.45, 2.75) is 25.9 Å². The zero-order chi connectivity index (χ0) is 15.0. The predicted octanol–water partition coefficient (Wildman–Crippen LogP) is 3.08. The highest BCUT2D eigenvalue weighted by Crippen LogP contribution is 2.36. The first kappa shape index (κ1) is 13.6. The highest BCUT2D eigenvalue weighted by atomic mass is 16.5. The van der Waals surface area contributed by atoms with Crippen molar-refractivity contribution < 1.29 is 19.1 Å². The second-order valence-electron chi connectivity index (χ2n) is 5.09. The molecule has 1 aromatic rings. The minimum atomic E-state index is -0.275. The third-order valence-corrected chi connectivity index (χ3v) is 3.73. The van der Waals surface area contributed by atoms with E-state index < -0.39 is 0 Å². The van der Waals surface area contributed by atoms with Gasteiger partial charge in [-0.05, 0) is 24.6 Å². The van der Waals surface area contributed by atoms with Gasteiger partial charge in [-0.15, -0.1) is 0 Å². The molecule has 108 valence electrons. The van der Waals surface area contributed by atoms with E-state index in [9.17, 15) is 9.59 Å². The van der Waals surface area contributed by atoms with Crippen LogP contribution in [0.15, 0.2) is 41.7 Å². The second kappa shape index (κ2) is 5.20. The highest BCUT2D eigenvalue weighted by molar-refractivity contribution is 6.28. The Morgan fingerprint density at radius 3 is 2.76 bits per heavy atom. The number of allylic oxidation sites excluding steroid dienone is 3. The molecule has 0 saturated heterocycles. The van der Waals surface area contributed by atoms with Gasteiger partial charge in [0.1, 0.15) is 11.9 Å². The molecule has 1 aliphatic carbocycles. The Kier molecular flexibility index (Phi) is 3.37. The van der Waals surface area contributed by atoms with Crippen molar-refractivity contribution in [2.75, 3.05) is 7.11 Å². The summed E-state index contributed by atoms with van der Waals surface area (Å²) >= 11 is 0. The zero-order valence-corrected chi connectivity index (χ0v) is 12.0. The van der Waals surface area contributed by atoms with Crippen molar-refractivity contribution in [3.63, 3.8) is 0 Å². The molecule has 1 aliphatic heterocycles. The number of benzene rings is 1. The van der Waals surface area contributed by atoms with Crippen LogP contribution >= 0.6 is 0 Å². The van der Waals surface area contributed by atoms with E-state index in [4.69, 9.17) is 9.47 Å². The molecule has 1 atom stereocenters. The van der Waals surface area contributed by atoms with Gasteiger partial charge in [0, 0.05) is 5.56 Å². The lowest BCUT2D eigenvalue weighted by molar-refractivity contribution is 0.0784. The number of methoxy groups -OCH3 is 1. The Balaban J connectivity index is 2.09. The molecule has 1 unspecified atom stereocenters. The fourth-order valence-corrected chi connectivity index (χ4v) is 2.71. The molecule has 2 aliphatic rings. The van der Waals surface area contributed by atoms with Crippen molar-refractivity contribution in [3.8, 4) is 5.75 Å². The van der Waals surface area contributed by atoms with E-state index >= 15 is 0 Å². The Morgan fingerprint density at radius 1 is 1.24 bits per heavy atom. The summed E-state index contributed by atoms with van der Waals surface area (Å²) in [4.78, 5) is 25.2. The quantitative estimate of drug-likeness (QED) is 0.856. The molecule has 0 saturated carbocycles. The number of ketones is 2. The van der Waals surface area contributed by atoms with Gasteiger partial charge in [-0.25, -0.2) is 0 Å². The number of Topliss-reactive ketones (excluding diaryl/α,β-unsaturated/α-hetero) is 2. The standard InChI is InChI=1S/C17H16O4/c1-3-5-10-8-9-12-15(18)11-6-4-7-13(20-2)14(11)16(19)17(12)21-10/h4,6-10H,3,5H2,1-2H3. The molecular weight excluding hydrogens is 268 g/mol. The second-order valence-corrected chi connectivity index (χ2v) is 5.09. The van der Waals surface area contributed by atoms with Crippen LogP contribution < -0.4 is 4.74 Å². The molecule has 1 aromatic carbocycles. The Labute approximate surface area is 123 Å². The van der Waals surface area contributed by atoms with Crippen molar-refractivity contribution in [2.24, 2.45) is 0 Å². The van der Waals surface area contributed by atoms with Gasteiger partial charge in [-0.2, -0.15) is 0 Å². The smallest absolute Gasteiger partial charge is 0.232 e. The van der Waals surface area contributed by atoms with Crippen molar-refractivity contribution >= 4 is 11.6 Å². The Bertz CT molecular complexity index is 682. The number of rotatable bonds is 3. The van der Waals surface area contributed by atoms with Crippen molar-refractivity contribution in [1.29, 1.82) is 0 Å². The van der Waals surface area contributed by atoms with Gasteiger partial charge >= 0.3 is 0 Å². The third-order valence-electron chi connectivity index (χ3n) is 3.73. The molecule has 4 heteroatoms. The van der Waals surface area contributed by atoms with Gasteiger partial charge in [0.15, 0.2) is 11.5 Å². The summed E-state index contributed by atoms with van der Waals surface area (Å²) in [5, 5.41) is 0. The average molecular weight is 284 g/mol. The predicted molar refractivity (Wildman–Crippen MR) is 77.6 cm³/mol. The Hall–Kier alpha value is -2.36. The van der Waals surface area contributed by atoms with Crippen LogP contribution in [0.1, 0.15) is 40.5 Å². The van der Waals surface area contributed by atoms with E-state index in [-0.39, 0.29) is 23.4 Å². The normalized spacial score (nSPS) is 20.0. The summed E-state index contributed by atoms with van der Waals surface area (Å²) in [6.45, 7) is 2.05. The van der Waals surface area contributed by atoms with Crippen molar-refractivity contribution in [3.05, 3.63) is 52.8 Å². The van der Waals surface area contributed by atoms with Crippen molar-refractivity contribution in [1.82, 2.24) is 0 Å². The number of fused-ring (bicyclic) bond motifs is 1. The molecule has 0 radical (unpaired) electrons. The zero-order valence-electron chi connectivity index (χ0n) is 12.0. The first-order valence-corrected chi connectivity index (χ1v) is 7.03. The topological polar surface area (TPSA) is 52.6 Å². The maximum Gasteiger partial charge on any atom is 0.232 e.